The first-order valence-corrected chi connectivity index (χ1v) is 15.7. The second kappa shape index (κ2) is 19.7. The van der Waals surface area contributed by atoms with Crippen LogP contribution in [0, 0.1) is 0 Å². The van der Waals surface area contributed by atoms with Crippen molar-refractivity contribution in [2.45, 2.75) is 103 Å². The number of hydrogen-bond acceptors (Lipinski definition) is 0. The zero-order valence-electron chi connectivity index (χ0n) is 22.5. The van der Waals surface area contributed by atoms with Gasteiger partial charge in [0.05, 0.1) is 0 Å². The van der Waals surface area contributed by atoms with E-state index >= 15 is 0 Å². The number of halogens is 1. The molecule has 0 aliphatic carbocycles. The summed E-state index contributed by atoms with van der Waals surface area (Å²) >= 11 is 0. The Labute approximate surface area is 233 Å². The minimum Gasteiger partial charge on any atom is -0.114 e. The summed E-state index contributed by atoms with van der Waals surface area (Å²) in [5.41, 5.74) is 1.55. The van der Waals surface area contributed by atoms with E-state index in [0.29, 0.717) is 0 Å². The van der Waals surface area contributed by atoms with Gasteiger partial charge in [-0.25, -0.2) is 0 Å². The van der Waals surface area contributed by atoms with Crippen molar-refractivity contribution in [1.29, 1.82) is 0 Å². The average Bonchev–Trinajstić information content (AvgIpc) is 2.91. The van der Waals surface area contributed by atoms with Gasteiger partial charge in [0.2, 0.25) is 0 Å². The molecule has 0 unspecified atom stereocenters. The zero-order chi connectivity index (χ0) is 24.4. The van der Waals surface area contributed by atoms with Crippen LogP contribution in [0.2, 0.25) is 0 Å². The van der Waals surface area contributed by atoms with Crippen LogP contribution in [0.4, 0.5) is 0 Å². The third-order valence-electron chi connectivity index (χ3n) is 7.06. The molecule has 2 heteroatoms. The van der Waals surface area contributed by atoms with Crippen molar-refractivity contribution in [1.82, 2.24) is 0 Å². The van der Waals surface area contributed by atoms with Gasteiger partial charge in [-0.2, -0.15) is 0 Å². The molecule has 196 valence electrons. The van der Waals surface area contributed by atoms with Gasteiger partial charge in [-0.1, -0.05) is 175 Å². The molecule has 3 aromatic rings. The van der Waals surface area contributed by atoms with Crippen LogP contribution < -0.4 is 15.9 Å². The SMILES string of the molecule is Br.CCCCCCCCCCCCCCCCc1ccccc1P(c1ccccc1)c1ccccc1. The minimum atomic E-state index is -0.509. The minimum absolute atomic E-state index is 0. The van der Waals surface area contributed by atoms with E-state index in [-0.39, 0.29) is 17.0 Å². The van der Waals surface area contributed by atoms with E-state index in [1.165, 1.54) is 112 Å². The first-order chi connectivity index (χ1) is 17.4. The van der Waals surface area contributed by atoms with Gasteiger partial charge in [0.1, 0.15) is 0 Å². The Morgan fingerprint density at radius 3 is 1.31 bits per heavy atom. The molecule has 0 aliphatic rings. The van der Waals surface area contributed by atoms with Gasteiger partial charge in [0.25, 0.3) is 0 Å². The van der Waals surface area contributed by atoms with Crippen LogP contribution in [0.5, 0.6) is 0 Å². The molecule has 0 saturated heterocycles. The fourth-order valence-corrected chi connectivity index (χ4v) is 7.54. The van der Waals surface area contributed by atoms with Crippen LogP contribution in [-0.2, 0) is 6.42 Å². The molecule has 0 aliphatic heterocycles. The first-order valence-electron chi connectivity index (χ1n) is 14.4. The van der Waals surface area contributed by atoms with Crippen LogP contribution in [0.15, 0.2) is 84.9 Å². The molecule has 0 atom stereocenters. The third-order valence-corrected chi connectivity index (χ3v) is 9.61. The predicted octanol–water partition coefficient (Wildman–Crippen LogP) is 10.0. The highest BCUT2D eigenvalue weighted by molar-refractivity contribution is 8.93. The molecule has 0 amide bonds. The molecule has 0 N–H and O–H groups in total. The first kappa shape index (κ1) is 30.8. The summed E-state index contributed by atoms with van der Waals surface area (Å²) in [6.45, 7) is 2.30. The maximum Gasteiger partial charge on any atom is -0.0119 e. The van der Waals surface area contributed by atoms with E-state index in [2.05, 4.69) is 91.9 Å². The van der Waals surface area contributed by atoms with Gasteiger partial charge in [0.15, 0.2) is 0 Å². The van der Waals surface area contributed by atoms with Crippen LogP contribution in [0.3, 0.4) is 0 Å². The lowest BCUT2D eigenvalue weighted by Gasteiger charge is -2.22. The normalized spacial score (nSPS) is 10.9. The number of rotatable bonds is 18. The third kappa shape index (κ3) is 11.3. The van der Waals surface area contributed by atoms with E-state index < -0.39 is 7.92 Å². The van der Waals surface area contributed by atoms with Gasteiger partial charge >= 0.3 is 0 Å². The topological polar surface area (TPSA) is 0 Å². The molecule has 0 aromatic heterocycles. The van der Waals surface area contributed by atoms with Gasteiger partial charge in [-0.3, -0.25) is 0 Å². The Morgan fingerprint density at radius 1 is 0.444 bits per heavy atom. The van der Waals surface area contributed by atoms with Crippen molar-refractivity contribution in [3.05, 3.63) is 90.5 Å². The summed E-state index contributed by atoms with van der Waals surface area (Å²) in [6, 6.07) is 31.4. The Bertz CT molecular complexity index is 869. The summed E-state index contributed by atoms with van der Waals surface area (Å²) in [7, 11) is -0.509. The zero-order valence-corrected chi connectivity index (χ0v) is 25.2. The molecule has 3 rings (SSSR count). The molecule has 3 aromatic carbocycles. The van der Waals surface area contributed by atoms with Crippen LogP contribution in [-0.4, -0.2) is 0 Å². The van der Waals surface area contributed by atoms with Gasteiger partial charge in [-0.05, 0) is 42.2 Å². The molecule has 0 bridgehead atoms. The van der Waals surface area contributed by atoms with E-state index in [1.54, 1.807) is 5.56 Å². The lowest BCUT2D eigenvalue weighted by atomic mass is 10.0. The average molecular weight is 568 g/mol. The fourth-order valence-electron chi connectivity index (χ4n) is 5.03. The Balaban J connectivity index is 0.00000456. The largest absolute Gasteiger partial charge is 0.114 e. The van der Waals surface area contributed by atoms with E-state index in [9.17, 15) is 0 Å². The monoisotopic (exact) mass is 566 g/mol. The van der Waals surface area contributed by atoms with E-state index in [1.807, 2.05) is 0 Å². The highest BCUT2D eigenvalue weighted by Gasteiger charge is 2.18. The number of aryl methyl sites for hydroxylation is 1. The smallest absolute Gasteiger partial charge is 0.0119 e. The number of unbranched alkanes of at least 4 members (excludes halogenated alkanes) is 13. The molecule has 0 heterocycles. The van der Waals surface area contributed by atoms with Crippen LogP contribution in [0.1, 0.15) is 102 Å². The summed E-state index contributed by atoms with van der Waals surface area (Å²) in [5.74, 6) is 0. The molecule has 36 heavy (non-hydrogen) atoms. The lowest BCUT2D eigenvalue weighted by molar-refractivity contribution is 0.535. The second-order valence-corrected chi connectivity index (χ2v) is 12.2. The Hall–Kier alpha value is -1.43. The van der Waals surface area contributed by atoms with Crippen molar-refractivity contribution in [2.24, 2.45) is 0 Å². The Morgan fingerprint density at radius 2 is 0.833 bits per heavy atom. The van der Waals surface area contributed by atoms with E-state index in [4.69, 9.17) is 0 Å². The molecule has 0 nitrogen and oxygen atoms in total. The fraction of sp³-hybridized carbons (Fsp3) is 0.471. The number of benzene rings is 3. The van der Waals surface area contributed by atoms with Crippen LogP contribution in [0.25, 0.3) is 0 Å². The van der Waals surface area contributed by atoms with Crippen molar-refractivity contribution in [3.63, 3.8) is 0 Å². The van der Waals surface area contributed by atoms with Crippen LogP contribution >= 0.6 is 24.9 Å². The predicted molar refractivity (Wildman–Crippen MR) is 169 cm³/mol. The molecule has 0 fully saturated rings. The van der Waals surface area contributed by atoms with Gasteiger partial charge in [-0.15, -0.1) is 17.0 Å². The summed E-state index contributed by atoms with van der Waals surface area (Å²) < 4.78 is 0. The maximum absolute atomic E-state index is 2.38. The number of hydrogen-bond donors (Lipinski definition) is 0. The maximum atomic E-state index is 2.38. The summed E-state index contributed by atoms with van der Waals surface area (Å²) in [4.78, 5) is 0. The van der Waals surface area contributed by atoms with Crippen molar-refractivity contribution in [2.75, 3.05) is 0 Å². The standard InChI is InChI=1S/C34H47P.BrH/c1-2-3-4-5-6-7-8-9-10-11-12-13-14-17-24-31-25-22-23-30-34(31)35(32-26-18-15-19-27-32)33-28-20-16-21-29-33;/h15-16,18-23,25-30H,2-14,17,24H2,1H3;1H. The van der Waals surface area contributed by atoms with Gasteiger partial charge < -0.3 is 0 Å². The molecule has 0 saturated carbocycles. The lowest BCUT2D eigenvalue weighted by Crippen LogP contribution is -2.23. The molecular weight excluding hydrogens is 519 g/mol. The molecular formula is C34H48BrP. The van der Waals surface area contributed by atoms with Crippen molar-refractivity contribution < 1.29 is 0 Å². The second-order valence-electron chi connectivity index (χ2n) is 9.98. The highest BCUT2D eigenvalue weighted by Crippen LogP contribution is 2.34. The Kier molecular flexibility index (Phi) is 16.8. The van der Waals surface area contributed by atoms with Crippen molar-refractivity contribution >= 4 is 40.8 Å². The summed E-state index contributed by atoms with van der Waals surface area (Å²) in [5, 5.41) is 4.43. The molecule has 0 spiro atoms. The summed E-state index contributed by atoms with van der Waals surface area (Å²) in [6.07, 6.45) is 21.0. The molecule has 0 radical (unpaired) electrons. The van der Waals surface area contributed by atoms with E-state index in [0.717, 1.165) is 0 Å². The van der Waals surface area contributed by atoms with Gasteiger partial charge in [0, 0.05) is 0 Å². The van der Waals surface area contributed by atoms with Crippen molar-refractivity contribution in [3.8, 4) is 0 Å². The highest BCUT2D eigenvalue weighted by atomic mass is 79.9. The quantitative estimate of drug-likeness (QED) is 0.106.